The molecule has 0 aliphatic heterocycles. The van der Waals surface area contributed by atoms with Gasteiger partial charge in [0.2, 0.25) is 0 Å². The summed E-state index contributed by atoms with van der Waals surface area (Å²) in [6, 6.07) is 36.3. The highest BCUT2D eigenvalue weighted by atomic mass is 15.0. The number of hydrogen-bond donors (Lipinski definition) is 0. The fourth-order valence-corrected chi connectivity index (χ4v) is 6.66. The third-order valence-corrected chi connectivity index (χ3v) is 8.48. The molecule has 0 spiro atoms. The lowest BCUT2D eigenvalue weighted by Gasteiger charge is -2.14. The monoisotopic (exact) mass is 502 g/mol. The van der Waals surface area contributed by atoms with Gasteiger partial charge >= 0.3 is 0 Å². The topological polar surface area (TPSA) is 9.86 Å². The lowest BCUT2D eigenvalue weighted by molar-refractivity contribution is 0.808. The van der Waals surface area contributed by atoms with E-state index >= 15 is 0 Å². The second-order valence-corrected chi connectivity index (χ2v) is 11.1. The van der Waals surface area contributed by atoms with Crippen molar-refractivity contribution in [2.24, 2.45) is 0 Å². The Bertz CT molecular complexity index is 2120. The molecule has 2 heteroatoms. The lowest BCUT2D eigenvalue weighted by Crippen LogP contribution is -2.01. The van der Waals surface area contributed by atoms with E-state index in [0.29, 0.717) is 0 Å². The van der Waals surface area contributed by atoms with Gasteiger partial charge in [0.1, 0.15) is 0 Å². The van der Waals surface area contributed by atoms with Crippen LogP contribution in [0.1, 0.15) is 35.2 Å². The molecule has 0 atom stereocenters. The van der Waals surface area contributed by atoms with Crippen LogP contribution in [0.2, 0.25) is 0 Å². The summed E-state index contributed by atoms with van der Waals surface area (Å²) in [7, 11) is 0. The van der Waals surface area contributed by atoms with Crippen LogP contribution < -0.4 is 0 Å². The molecule has 0 saturated heterocycles. The van der Waals surface area contributed by atoms with Gasteiger partial charge in [-0.25, -0.2) is 0 Å². The van der Waals surface area contributed by atoms with E-state index in [9.17, 15) is 0 Å². The number of allylic oxidation sites excluding steroid dienone is 1. The molecule has 0 bridgehead atoms. The van der Waals surface area contributed by atoms with Crippen molar-refractivity contribution in [2.75, 3.05) is 0 Å². The minimum absolute atomic E-state index is 1.10. The van der Waals surface area contributed by atoms with Crippen molar-refractivity contribution in [1.29, 1.82) is 0 Å². The summed E-state index contributed by atoms with van der Waals surface area (Å²) in [5.74, 6) is 0. The van der Waals surface area contributed by atoms with Crippen LogP contribution in [0.4, 0.5) is 0 Å². The number of rotatable bonds is 2. The van der Waals surface area contributed by atoms with Gasteiger partial charge in [-0.15, -0.1) is 0 Å². The molecule has 1 aliphatic rings. The van der Waals surface area contributed by atoms with Crippen molar-refractivity contribution in [3.63, 3.8) is 0 Å². The minimum atomic E-state index is 1.10. The molecule has 2 heterocycles. The molecular formula is C37H30N2. The number of fused-ring (bicyclic) bond motifs is 7. The van der Waals surface area contributed by atoms with Gasteiger partial charge in [0.05, 0.1) is 16.6 Å². The molecule has 0 saturated carbocycles. The van der Waals surface area contributed by atoms with Gasteiger partial charge in [0.25, 0.3) is 0 Å². The Kier molecular flexibility index (Phi) is 4.87. The highest BCUT2D eigenvalue weighted by Gasteiger charge is 2.19. The first kappa shape index (κ1) is 22.4. The molecule has 2 aromatic heterocycles. The molecule has 1 aliphatic carbocycles. The smallest absolute Gasteiger partial charge is 0.0541 e. The molecule has 5 aromatic carbocycles. The van der Waals surface area contributed by atoms with E-state index in [0.717, 1.165) is 12.8 Å². The third-order valence-electron chi connectivity index (χ3n) is 8.48. The first-order valence-corrected chi connectivity index (χ1v) is 14.0. The van der Waals surface area contributed by atoms with Crippen molar-refractivity contribution in [1.82, 2.24) is 9.13 Å². The van der Waals surface area contributed by atoms with Crippen molar-refractivity contribution >= 4 is 49.6 Å². The highest BCUT2D eigenvalue weighted by Crippen LogP contribution is 2.36. The van der Waals surface area contributed by atoms with E-state index < -0.39 is 0 Å². The largest absolute Gasteiger partial charge is 0.313 e. The molecule has 0 fully saturated rings. The Morgan fingerprint density at radius 1 is 0.564 bits per heavy atom. The maximum absolute atomic E-state index is 2.50. The maximum Gasteiger partial charge on any atom is 0.0541 e. The van der Waals surface area contributed by atoms with Crippen LogP contribution in [-0.4, -0.2) is 9.13 Å². The third kappa shape index (κ3) is 3.41. The van der Waals surface area contributed by atoms with Gasteiger partial charge < -0.3 is 9.13 Å². The van der Waals surface area contributed by atoms with E-state index in [1.54, 1.807) is 0 Å². The Labute approximate surface area is 228 Å². The molecule has 7 aromatic rings. The van der Waals surface area contributed by atoms with Crippen LogP contribution in [0.5, 0.6) is 0 Å². The Balaban J connectivity index is 1.31. The molecule has 39 heavy (non-hydrogen) atoms. The number of nitrogens with zero attached hydrogens (tertiary/aromatic N) is 2. The lowest BCUT2D eigenvalue weighted by atomic mass is 10.1. The van der Waals surface area contributed by atoms with Gasteiger partial charge in [-0.1, -0.05) is 65.7 Å². The van der Waals surface area contributed by atoms with Crippen molar-refractivity contribution in [2.45, 2.75) is 33.1 Å². The zero-order valence-electron chi connectivity index (χ0n) is 22.4. The number of para-hydroxylation sites is 1. The summed E-state index contributed by atoms with van der Waals surface area (Å²) in [5.41, 5.74) is 11.7. The van der Waals surface area contributed by atoms with Gasteiger partial charge in [0, 0.05) is 38.8 Å². The zero-order chi connectivity index (χ0) is 26.1. The SMILES string of the molecule is Cc1ccc2c(c1)c1c(n2-c2ccc3cc(-n4c5ccccc5c5cc(C)ccc54)ccc3c2)CCCC=C1. The molecule has 188 valence electrons. The predicted octanol–water partition coefficient (Wildman–Crippen LogP) is 9.85. The average Bonchev–Trinajstić information content (AvgIpc) is 3.31. The van der Waals surface area contributed by atoms with Crippen LogP contribution in [0.15, 0.2) is 103 Å². The molecule has 0 unspecified atom stereocenters. The van der Waals surface area contributed by atoms with Crippen LogP contribution in [0.25, 0.3) is 60.9 Å². The van der Waals surface area contributed by atoms with Gasteiger partial charge in [0.15, 0.2) is 0 Å². The summed E-state index contributed by atoms with van der Waals surface area (Å²) in [6.45, 7) is 4.36. The van der Waals surface area contributed by atoms with Crippen LogP contribution in [0.3, 0.4) is 0 Å². The summed E-state index contributed by atoms with van der Waals surface area (Å²) in [5, 5.41) is 6.49. The van der Waals surface area contributed by atoms with Crippen LogP contribution in [-0.2, 0) is 6.42 Å². The van der Waals surface area contributed by atoms with Gasteiger partial charge in [-0.2, -0.15) is 0 Å². The summed E-state index contributed by atoms with van der Waals surface area (Å²) < 4.78 is 4.91. The zero-order valence-corrected chi connectivity index (χ0v) is 22.4. The standard InChI is InChI=1S/C37H30N2/c1-24-12-18-36-32(20-24)30-8-4-3-5-10-34(30)38(36)28-16-14-27-23-29(17-15-26(27)22-28)39-35-11-7-6-9-31(35)33-21-25(2)13-19-37(33)39/h4,6-9,11-23H,3,5,10H2,1-2H3. The fourth-order valence-electron chi connectivity index (χ4n) is 6.66. The predicted molar refractivity (Wildman–Crippen MR) is 167 cm³/mol. The number of aromatic nitrogens is 2. The van der Waals surface area contributed by atoms with Gasteiger partial charge in [-0.05, 0) is 98.5 Å². The number of hydrogen-bond acceptors (Lipinski definition) is 0. The fraction of sp³-hybridized carbons (Fsp3) is 0.135. The van der Waals surface area contributed by atoms with E-state index in [4.69, 9.17) is 0 Å². The molecular weight excluding hydrogens is 472 g/mol. The van der Waals surface area contributed by atoms with E-state index in [-0.39, 0.29) is 0 Å². The van der Waals surface area contributed by atoms with Gasteiger partial charge in [-0.3, -0.25) is 0 Å². The summed E-state index contributed by atoms with van der Waals surface area (Å²) >= 11 is 0. The highest BCUT2D eigenvalue weighted by molar-refractivity contribution is 6.09. The van der Waals surface area contributed by atoms with Crippen LogP contribution >= 0.6 is 0 Å². The quantitative estimate of drug-likeness (QED) is 0.223. The Morgan fingerprint density at radius 3 is 1.97 bits per heavy atom. The van der Waals surface area contributed by atoms with Crippen LogP contribution in [0, 0.1) is 13.8 Å². The minimum Gasteiger partial charge on any atom is -0.313 e. The van der Waals surface area contributed by atoms with E-state index in [2.05, 4.69) is 132 Å². The summed E-state index contributed by atoms with van der Waals surface area (Å²) in [6.07, 6.45) is 8.12. The van der Waals surface area contributed by atoms with Crippen molar-refractivity contribution in [3.05, 3.63) is 126 Å². The first-order valence-electron chi connectivity index (χ1n) is 14.0. The van der Waals surface area contributed by atoms with Crippen molar-refractivity contribution in [3.8, 4) is 11.4 Å². The molecule has 0 radical (unpaired) electrons. The summed E-state index contributed by atoms with van der Waals surface area (Å²) in [4.78, 5) is 0. The molecule has 0 N–H and O–H groups in total. The van der Waals surface area contributed by atoms with Crippen molar-refractivity contribution < 1.29 is 0 Å². The van der Waals surface area contributed by atoms with E-state index in [1.165, 1.54) is 83.7 Å². The number of benzene rings is 5. The second kappa shape index (κ2) is 8.47. The Hall–Kier alpha value is -4.56. The molecule has 0 amide bonds. The molecule has 8 rings (SSSR count). The van der Waals surface area contributed by atoms with E-state index in [1.807, 2.05) is 0 Å². The number of aryl methyl sites for hydroxylation is 2. The molecule has 2 nitrogen and oxygen atoms in total. The normalized spacial score (nSPS) is 13.5. The average molecular weight is 503 g/mol. The maximum atomic E-state index is 2.50. The first-order chi connectivity index (χ1) is 19.2. The second-order valence-electron chi connectivity index (χ2n) is 11.1. The Morgan fingerprint density at radius 2 is 1.21 bits per heavy atom.